The number of aliphatic hydroxyl groups excluding tert-OH is 2. The Hall–Kier alpha value is -1.25. The Labute approximate surface area is 158 Å². The summed E-state index contributed by atoms with van der Waals surface area (Å²) in [6, 6.07) is 6.48. The van der Waals surface area contributed by atoms with Gasteiger partial charge in [-0.25, -0.2) is 0 Å². The molecule has 7 heteroatoms. The summed E-state index contributed by atoms with van der Waals surface area (Å²) in [5.74, 6) is 0. The molecule has 6 nitrogen and oxygen atoms in total. The van der Waals surface area contributed by atoms with Gasteiger partial charge >= 0.3 is 0 Å². The fraction of sp³-hybridized carbons (Fsp3) is 0.632. The van der Waals surface area contributed by atoms with Crippen molar-refractivity contribution in [1.29, 1.82) is 0 Å². The fourth-order valence-corrected chi connectivity index (χ4v) is 4.99. The second-order valence-electron chi connectivity index (χ2n) is 7.40. The number of piperidine rings is 1. The summed E-state index contributed by atoms with van der Waals surface area (Å²) in [5.41, 5.74) is 1.69. The van der Waals surface area contributed by atoms with Crippen molar-refractivity contribution in [2.75, 3.05) is 26.2 Å². The Kier molecular flexibility index (Phi) is 5.71. The minimum absolute atomic E-state index is 0.283. The van der Waals surface area contributed by atoms with E-state index in [9.17, 15) is 5.11 Å². The Morgan fingerprint density at radius 1 is 1.00 bits per heavy atom. The number of likely N-dealkylation sites (tertiary alicyclic amines) is 1. The predicted molar refractivity (Wildman–Crippen MR) is 102 cm³/mol. The maximum absolute atomic E-state index is 9.78. The molecule has 0 spiro atoms. The molecule has 26 heavy (non-hydrogen) atoms. The Balaban J connectivity index is 1.34. The van der Waals surface area contributed by atoms with Crippen LogP contribution in [0.4, 0.5) is 0 Å². The summed E-state index contributed by atoms with van der Waals surface area (Å²) in [6.45, 7) is 6.90. The van der Waals surface area contributed by atoms with Gasteiger partial charge in [0, 0.05) is 35.9 Å². The first-order valence-corrected chi connectivity index (χ1v) is 10.4. The summed E-state index contributed by atoms with van der Waals surface area (Å²) in [5, 5.41) is 23.3. The van der Waals surface area contributed by atoms with E-state index in [-0.39, 0.29) is 6.61 Å². The molecule has 142 valence electrons. The zero-order valence-corrected chi connectivity index (χ0v) is 16.0. The van der Waals surface area contributed by atoms with Gasteiger partial charge in [0.05, 0.1) is 24.5 Å². The molecule has 2 N–H and O–H groups in total. The van der Waals surface area contributed by atoms with E-state index >= 15 is 0 Å². The second kappa shape index (κ2) is 8.19. The van der Waals surface area contributed by atoms with E-state index in [0.29, 0.717) is 5.69 Å². The summed E-state index contributed by atoms with van der Waals surface area (Å²) in [4.78, 5) is 7.90. The van der Waals surface area contributed by atoms with Crippen LogP contribution in [-0.2, 0) is 26.2 Å². The van der Waals surface area contributed by atoms with Gasteiger partial charge in [0.15, 0.2) is 0 Å². The van der Waals surface area contributed by atoms with Crippen LogP contribution in [0.2, 0.25) is 0 Å². The summed E-state index contributed by atoms with van der Waals surface area (Å²) >= 11 is 1.94. The first-order valence-electron chi connectivity index (χ1n) is 9.59. The molecule has 1 unspecified atom stereocenters. The summed E-state index contributed by atoms with van der Waals surface area (Å²) in [6.07, 6.45) is 3.19. The van der Waals surface area contributed by atoms with Crippen LogP contribution in [0.1, 0.15) is 46.5 Å². The molecule has 2 aliphatic rings. The highest BCUT2D eigenvalue weighted by atomic mass is 32.1. The van der Waals surface area contributed by atoms with Crippen LogP contribution in [0, 0.1) is 0 Å². The molecule has 1 atom stereocenters. The smallest absolute Gasteiger partial charge is 0.121 e. The number of hydrogen-bond acceptors (Lipinski definition) is 6. The quantitative estimate of drug-likeness (QED) is 0.807. The molecular weight excluding hydrogens is 348 g/mol. The minimum Gasteiger partial charge on any atom is -0.393 e. The number of aliphatic hydroxyl groups is 2. The third-order valence-electron chi connectivity index (χ3n) is 5.34. The summed E-state index contributed by atoms with van der Waals surface area (Å²) in [7, 11) is 0. The van der Waals surface area contributed by atoms with E-state index in [0.717, 1.165) is 38.4 Å². The lowest BCUT2D eigenvalue weighted by Crippen LogP contribution is -2.33. The van der Waals surface area contributed by atoms with Crippen molar-refractivity contribution >= 4 is 11.3 Å². The van der Waals surface area contributed by atoms with Gasteiger partial charge in [0.25, 0.3) is 0 Å². The van der Waals surface area contributed by atoms with Gasteiger partial charge < -0.3 is 10.2 Å². The molecule has 0 radical (unpaired) electrons. The number of thiophene rings is 1. The second-order valence-corrected chi connectivity index (χ2v) is 8.65. The van der Waals surface area contributed by atoms with Gasteiger partial charge in [-0.3, -0.25) is 14.5 Å². The molecule has 0 aliphatic carbocycles. The van der Waals surface area contributed by atoms with Gasteiger partial charge in [-0.15, -0.1) is 11.3 Å². The SMILES string of the molecule is OCC(O)c1cc2n(n1)CCN(Cc1ccc(CN3CCCCC3)s1)C2. The molecule has 2 aromatic heterocycles. The van der Waals surface area contributed by atoms with Crippen LogP contribution >= 0.6 is 11.3 Å². The first kappa shape index (κ1) is 18.1. The van der Waals surface area contributed by atoms with E-state index < -0.39 is 6.10 Å². The molecule has 0 bridgehead atoms. The van der Waals surface area contributed by atoms with Crippen molar-refractivity contribution < 1.29 is 10.2 Å². The standard InChI is InChI=1S/C19H28N4O2S/c24-14-19(25)18-10-15-11-22(8-9-23(15)20-18)13-17-5-4-16(26-17)12-21-6-2-1-3-7-21/h4-5,10,19,24-25H,1-3,6-9,11-14H2. The highest BCUT2D eigenvalue weighted by Crippen LogP contribution is 2.24. The minimum atomic E-state index is -0.879. The summed E-state index contributed by atoms with van der Waals surface area (Å²) < 4.78 is 1.96. The number of nitrogens with zero attached hydrogens (tertiary/aromatic N) is 4. The zero-order chi connectivity index (χ0) is 17.9. The van der Waals surface area contributed by atoms with Crippen LogP contribution in [0.15, 0.2) is 18.2 Å². The maximum atomic E-state index is 9.78. The lowest BCUT2D eigenvalue weighted by Gasteiger charge is -2.27. The van der Waals surface area contributed by atoms with Gasteiger partial charge in [-0.2, -0.15) is 5.10 Å². The highest BCUT2D eigenvalue weighted by molar-refractivity contribution is 7.11. The number of hydrogen-bond donors (Lipinski definition) is 2. The van der Waals surface area contributed by atoms with Crippen LogP contribution in [0.5, 0.6) is 0 Å². The average molecular weight is 377 g/mol. The number of aromatic nitrogens is 2. The molecule has 2 aliphatic heterocycles. The van der Waals surface area contributed by atoms with Crippen LogP contribution in [0.25, 0.3) is 0 Å². The van der Waals surface area contributed by atoms with Gasteiger partial charge in [0.2, 0.25) is 0 Å². The third kappa shape index (κ3) is 4.18. The molecule has 0 amide bonds. The molecule has 0 aromatic carbocycles. The van der Waals surface area contributed by atoms with Crippen LogP contribution in [-0.4, -0.2) is 56.0 Å². The Morgan fingerprint density at radius 2 is 1.73 bits per heavy atom. The van der Waals surface area contributed by atoms with E-state index in [2.05, 4.69) is 27.0 Å². The Bertz CT molecular complexity index is 723. The lowest BCUT2D eigenvalue weighted by molar-refractivity contribution is 0.0915. The topological polar surface area (TPSA) is 64.8 Å². The van der Waals surface area contributed by atoms with E-state index in [1.54, 1.807) is 0 Å². The first-order chi connectivity index (χ1) is 12.7. The average Bonchev–Trinajstić information content (AvgIpc) is 3.28. The molecular formula is C19H28N4O2S. The zero-order valence-electron chi connectivity index (χ0n) is 15.2. The van der Waals surface area contributed by atoms with Gasteiger partial charge in [-0.1, -0.05) is 6.42 Å². The van der Waals surface area contributed by atoms with E-state index in [4.69, 9.17) is 5.11 Å². The number of rotatable bonds is 6. The fourth-order valence-electron chi connectivity index (χ4n) is 3.88. The van der Waals surface area contributed by atoms with Crippen molar-refractivity contribution in [2.24, 2.45) is 0 Å². The predicted octanol–water partition coefficient (Wildman–Crippen LogP) is 1.97. The maximum Gasteiger partial charge on any atom is 0.121 e. The van der Waals surface area contributed by atoms with Crippen molar-refractivity contribution in [1.82, 2.24) is 19.6 Å². The molecule has 4 heterocycles. The van der Waals surface area contributed by atoms with Crippen molar-refractivity contribution in [3.05, 3.63) is 39.3 Å². The largest absolute Gasteiger partial charge is 0.393 e. The molecule has 4 rings (SSSR count). The van der Waals surface area contributed by atoms with Crippen molar-refractivity contribution in [3.63, 3.8) is 0 Å². The highest BCUT2D eigenvalue weighted by Gasteiger charge is 2.21. The molecule has 0 saturated carbocycles. The normalized spacial score (nSPS) is 20.2. The van der Waals surface area contributed by atoms with E-state index in [1.165, 1.54) is 42.1 Å². The molecule has 1 saturated heterocycles. The molecule has 2 aromatic rings. The van der Waals surface area contributed by atoms with Gasteiger partial charge in [0.1, 0.15) is 6.10 Å². The van der Waals surface area contributed by atoms with Crippen LogP contribution < -0.4 is 0 Å². The van der Waals surface area contributed by atoms with Crippen molar-refractivity contribution in [3.8, 4) is 0 Å². The monoisotopic (exact) mass is 376 g/mol. The Morgan fingerprint density at radius 3 is 2.46 bits per heavy atom. The number of fused-ring (bicyclic) bond motifs is 1. The van der Waals surface area contributed by atoms with Crippen molar-refractivity contribution in [2.45, 2.75) is 51.5 Å². The van der Waals surface area contributed by atoms with Gasteiger partial charge in [-0.05, 0) is 44.1 Å². The molecule has 1 fully saturated rings. The van der Waals surface area contributed by atoms with E-state index in [1.807, 2.05) is 22.1 Å². The lowest BCUT2D eigenvalue weighted by atomic mass is 10.1. The third-order valence-corrected chi connectivity index (χ3v) is 6.39. The van der Waals surface area contributed by atoms with Crippen LogP contribution in [0.3, 0.4) is 0 Å².